The molecule has 0 bridgehead atoms. The molecule has 0 radical (unpaired) electrons. The van der Waals surface area contributed by atoms with Crippen LogP contribution in [0.3, 0.4) is 0 Å². The molecule has 16 heavy (non-hydrogen) atoms. The maximum Gasteiger partial charge on any atom is 0.488 e. The number of nitrogen functional groups attached to an aromatic ring is 1. The molecule has 0 amide bonds. The van der Waals surface area contributed by atoms with Crippen LogP contribution < -0.4 is 11.2 Å². The van der Waals surface area contributed by atoms with Crippen molar-refractivity contribution in [1.29, 1.82) is 0 Å². The van der Waals surface area contributed by atoms with Crippen molar-refractivity contribution in [1.82, 2.24) is 0 Å². The molecule has 4 heteroatoms. The van der Waals surface area contributed by atoms with Gasteiger partial charge in [0, 0.05) is 5.69 Å². The molecular formula is C12H14BNO2. The minimum atomic E-state index is -1.34. The zero-order valence-electron chi connectivity index (χ0n) is 8.82. The molecule has 0 aromatic heterocycles. The summed E-state index contributed by atoms with van der Waals surface area (Å²) in [5.41, 5.74) is 6.71. The third-order valence-corrected chi connectivity index (χ3v) is 1.90. The quantitative estimate of drug-likeness (QED) is 0.483. The molecule has 2 rings (SSSR count). The van der Waals surface area contributed by atoms with Gasteiger partial charge in [-0.3, -0.25) is 0 Å². The Hall–Kier alpha value is -1.78. The summed E-state index contributed by atoms with van der Waals surface area (Å²) < 4.78 is 0. The SMILES string of the molecule is Nc1ccccc1.OB(O)c1ccccc1. The topological polar surface area (TPSA) is 66.5 Å². The second-order valence-electron chi connectivity index (χ2n) is 3.20. The van der Waals surface area contributed by atoms with Crippen molar-refractivity contribution in [3.05, 3.63) is 60.7 Å². The van der Waals surface area contributed by atoms with Crippen molar-refractivity contribution in [3.8, 4) is 0 Å². The van der Waals surface area contributed by atoms with Crippen LogP contribution in [0, 0.1) is 0 Å². The molecule has 2 aromatic carbocycles. The highest BCUT2D eigenvalue weighted by Gasteiger charge is 2.07. The summed E-state index contributed by atoms with van der Waals surface area (Å²) in [7, 11) is -1.34. The molecule has 0 aliphatic heterocycles. The summed E-state index contributed by atoms with van der Waals surface area (Å²) in [6.45, 7) is 0. The molecule has 0 aliphatic carbocycles. The molecule has 82 valence electrons. The van der Waals surface area contributed by atoms with E-state index in [2.05, 4.69) is 0 Å². The first-order chi connectivity index (χ1) is 7.70. The number of anilines is 1. The van der Waals surface area contributed by atoms with Gasteiger partial charge in [0.2, 0.25) is 0 Å². The summed E-state index contributed by atoms with van der Waals surface area (Å²) in [6.07, 6.45) is 0. The van der Waals surface area contributed by atoms with Gasteiger partial charge in [0.1, 0.15) is 0 Å². The largest absolute Gasteiger partial charge is 0.488 e. The zero-order chi connectivity index (χ0) is 11.8. The Morgan fingerprint density at radius 3 is 1.44 bits per heavy atom. The van der Waals surface area contributed by atoms with Crippen LogP contribution in [0.2, 0.25) is 0 Å². The van der Waals surface area contributed by atoms with E-state index < -0.39 is 7.12 Å². The minimum absolute atomic E-state index is 0.525. The molecule has 0 spiro atoms. The Bertz CT molecular complexity index is 392. The number of hydrogen-bond donors (Lipinski definition) is 3. The van der Waals surface area contributed by atoms with Crippen LogP contribution in [-0.2, 0) is 0 Å². The normalized spacial score (nSPS) is 8.88. The average molecular weight is 215 g/mol. The van der Waals surface area contributed by atoms with Gasteiger partial charge in [0.05, 0.1) is 0 Å². The van der Waals surface area contributed by atoms with E-state index in [1.807, 2.05) is 36.4 Å². The van der Waals surface area contributed by atoms with Gasteiger partial charge < -0.3 is 15.8 Å². The lowest BCUT2D eigenvalue weighted by molar-refractivity contribution is 0.426. The lowest BCUT2D eigenvalue weighted by Gasteiger charge is -1.94. The van der Waals surface area contributed by atoms with Crippen LogP contribution in [0.4, 0.5) is 5.69 Å². The highest BCUT2D eigenvalue weighted by molar-refractivity contribution is 6.58. The van der Waals surface area contributed by atoms with Gasteiger partial charge >= 0.3 is 7.12 Å². The fourth-order valence-corrected chi connectivity index (χ4v) is 1.08. The van der Waals surface area contributed by atoms with E-state index in [1.165, 1.54) is 0 Å². The Balaban J connectivity index is 0.000000165. The van der Waals surface area contributed by atoms with Crippen LogP contribution in [0.25, 0.3) is 0 Å². The third-order valence-electron chi connectivity index (χ3n) is 1.90. The number of para-hydroxylation sites is 1. The summed E-state index contributed by atoms with van der Waals surface area (Å²) in [6, 6.07) is 18.1. The van der Waals surface area contributed by atoms with Crippen molar-refractivity contribution in [2.75, 3.05) is 5.73 Å². The van der Waals surface area contributed by atoms with Gasteiger partial charge in [-0.2, -0.15) is 0 Å². The Kier molecular flexibility index (Phi) is 5.12. The van der Waals surface area contributed by atoms with Crippen LogP contribution >= 0.6 is 0 Å². The van der Waals surface area contributed by atoms with E-state index in [4.69, 9.17) is 15.8 Å². The monoisotopic (exact) mass is 215 g/mol. The molecule has 0 unspecified atom stereocenters. The van der Waals surface area contributed by atoms with Gasteiger partial charge in [-0.15, -0.1) is 0 Å². The number of nitrogens with two attached hydrogens (primary N) is 1. The lowest BCUT2D eigenvalue weighted by Crippen LogP contribution is -2.29. The molecule has 0 saturated heterocycles. The van der Waals surface area contributed by atoms with Gasteiger partial charge in [0.15, 0.2) is 0 Å². The first-order valence-corrected chi connectivity index (χ1v) is 4.92. The van der Waals surface area contributed by atoms with Gasteiger partial charge in [0.25, 0.3) is 0 Å². The Labute approximate surface area is 95.3 Å². The lowest BCUT2D eigenvalue weighted by atomic mass is 9.81. The Morgan fingerprint density at radius 2 is 1.19 bits per heavy atom. The van der Waals surface area contributed by atoms with E-state index in [0.717, 1.165) is 5.69 Å². The molecule has 2 aromatic rings. The van der Waals surface area contributed by atoms with Crippen molar-refractivity contribution in [2.24, 2.45) is 0 Å². The van der Waals surface area contributed by atoms with Crippen LogP contribution in [0.5, 0.6) is 0 Å². The predicted molar refractivity (Wildman–Crippen MR) is 67.1 cm³/mol. The molecule has 3 nitrogen and oxygen atoms in total. The van der Waals surface area contributed by atoms with Gasteiger partial charge in [-0.05, 0) is 17.6 Å². The summed E-state index contributed by atoms with van der Waals surface area (Å²) in [4.78, 5) is 0. The minimum Gasteiger partial charge on any atom is -0.423 e. The van der Waals surface area contributed by atoms with Crippen LogP contribution in [0.1, 0.15) is 0 Å². The summed E-state index contributed by atoms with van der Waals surface area (Å²) in [5.74, 6) is 0. The maximum absolute atomic E-state index is 8.58. The highest BCUT2D eigenvalue weighted by atomic mass is 16.4. The average Bonchev–Trinajstić information content (AvgIpc) is 2.32. The van der Waals surface area contributed by atoms with Gasteiger partial charge in [-0.1, -0.05) is 48.5 Å². The second-order valence-corrected chi connectivity index (χ2v) is 3.20. The van der Waals surface area contributed by atoms with Crippen molar-refractivity contribution >= 4 is 18.3 Å². The van der Waals surface area contributed by atoms with E-state index in [9.17, 15) is 0 Å². The smallest absolute Gasteiger partial charge is 0.423 e. The predicted octanol–water partition coefficient (Wildman–Crippen LogP) is 0.635. The highest BCUT2D eigenvalue weighted by Crippen LogP contribution is 1.95. The fraction of sp³-hybridized carbons (Fsp3) is 0. The number of benzene rings is 2. The third kappa shape index (κ3) is 4.64. The number of hydrogen-bond acceptors (Lipinski definition) is 3. The first-order valence-electron chi connectivity index (χ1n) is 4.92. The Morgan fingerprint density at radius 1 is 0.750 bits per heavy atom. The zero-order valence-corrected chi connectivity index (χ0v) is 8.82. The first kappa shape index (κ1) is 12.3. The molecule has 0 fully saturated rings. The van der Waals surface area contributed by atoms with E-state index in [-0.39, 0.29) is 0 Å². The number of rotatable bonds is 1. The van der Waals surface area contributed by atoms with E-state index in [1.54, 1.807) is 24.3 Å². The van der Waals surface area contributed by atoms with E-state index in [0.29, 0.717) is 5.46 Å². The molecule has 0 atom stereocenters. The van der Waals surface area contributed by atoms with Crippen molar-refractivity contribution in [2.45, 2.75) is 0 Å². The summed E-state index contributed by atoms with van der Waals surface area (Å²) >= 11 is 0. The fourth-order valence-electron chi connectivity index (χ4n) is 1.08. The maximum atomic E-state index is 8.58. The summed E-state index contributed by atoms with van der Waals surface area (Å²) in [5, 5.41) is 17.2. The second kappa shape index (κ2) is 6.66. The molecule has 0 aliphatic rings. The van der Waals surface area contributed by atoms with E-state index >= 15 is 0 Å². The molecule has 4 N–H and O–H groups in total. The standard InChI is InChI=1S/C6H7BO2.C6H7N/c8-7(9)6-4-2-1-3-5-6;7-6-4-2-1-3-5-6/h1-5,8-9H;1-5H,7H2. The van der Waals surface area contributed by atoms with Crippen LogP contribution in [0.15, 0.2) is 60.7 Å². The van der Waals surface area contributed by atoms with Crippen molar-refractivity contribution in [3.63, 3.8) is 0 Å². The van der Waals surface area contributed by atoms with Crippen molar-refractivity contribution < 1.29 is 10.0 Å². The molecule has 0 heterocycles. The van der Waals surface area contributed by atoms with Gasteiger partial charge in [-0.25, -0.2) is 0 Å². The van der Waals surface area contributed by atoms with Crippen LogP contribution in [-0.4, -0.2) is 17.2 Å². The molecule has 0 saturated carbocycles. The molecular weight excluding hydrogens is 201 g/mol.